The van der Waals surface area contributed by atoms with Crippen molar-refractivity contribution in [1.29, 1.82) is 0 Å². The van der Waals surface area contributed by atoms with Crippen molar-refractivity contribution in [3.8, 4) is 0 Å². The Morgan fingerprint density at radius 2 is 2.00 bits per heavy atom. The highest BCUT2D eigenvalue weighted by Crippen LogP contribution is 2.39. The number of hydrogen-bond acceptors (Lipinski definition) is 7. The van der Waals surface area contributed by atoms with E-state index in [1.54, 1.807) is 6.07 Å². The van der Waals surface area contributed by atoms with Gasteiger partial charge in [-0.1, -0.05) is 12.1 Å². The Morgan fingerprint density at radius 1 is 1.25 bits per heavy atom. The molecule has 1 N–H and O–H groups in total. The summed E-state index contributed by atoms with van der Waals surface area (Å²) in [5, 5.41) is 2.91. The lowest BCUT2D eigenvalue weighted by Crippen LogP contribution is -2.37. The van der Waals surface area contributed by atoms with Gasteiger partial charge in [0.25, 0.3) is 15.9 Å². The number of thiophene rings is 1. The number of anilines is 1. The second-order valence-corrected chi connectivity index (χ2v) is 9.35. The van der Waals surface area contributed by atoms with E-state index in [2.05, 4.69) is 5.32 Å². The van der Waals surface area contributed by atoms with Crippen LogP contribution in [0.2, 0.25) is 0 Å². The van der Waals surface area contributed by atoms with Gasteiger partial charge in [-0.25, -0.2) is 17.5 Å². The molecule has 2 amide bonds. The zero-order valence-electron chi connectivity index (χ0n) is 14.9. The van der Waals surface area contributed by atoms with E-state index in [0.717, 1.165) is 29.7 Å². The summed E-state index contributed by atoms with van der Waals surface area (Å²) in [7, 11) is -2.81. The molecule has 2 heterocycles. The number of sulfonamides is 1. The number of aryl methyl sites for hydroxylation is 1. The third kappa shape index (κ3) is 2.80. The number of benzene rings is 1. The predicted octanol–water partition coefficient (Wildman–Crippen LogP) is 1.81. The summed E-state index contributed by atoms with van der Waals surface area (Å²) >= 11 is 1.28. The number of methoxy groups -OCH3 is 1. The lowest BCUT2D eigenvalue weighted by atomic mass is 10.1. The second kappa shape index (κ2) is 6.71. The van der Waals surface area contributed by atoms with Crippen molar-refractivity contribution < 1.29 is 27.5 Å². The molecule has 0 bridgehead atoms. The molecule has 0 radical (unpaired) electrons. The van der Waals surface area contributed by atoms with Crippen LogP contribution in [0.5, 0.6) is 0 Å². The molecule has 1 aromatic carbocycles. The molecule has 1 aliphatic heterocycles. The minimum atomic E-state index is -4.08. The van der Waals surface area contributed by atoms with Crippen molar-refractivity contribution in [2.45, 2.75) is 24.2 Å². The standard InChI is InChI=1S/C18H16N2O6S2/c1-26-18(23)15-10-6-4-7-12(10)27-16(15)19-14(21)9-20-17(22)11-5-2-3-8-13(11)28(20,24)25/h2-3,5,8H,4,6-7,9H2,1H3,(H,19,21). The molecule has 0 fully saturated rings. The van der Waals surface area contributed by atoms with Gasteiger partial charge in [-0.05, 0) is 37.0 Å². The summed E-state index contributed by atoms with van der Waals surface area (Å²) in [4.78, 5) is 38.0. The highest BCUT2D eigenvalue weighted by atomic mass is 32.2. The summed E-state index contributed by atoms with van der Waals surface area (Å²) in [6.07, 6.45) is 2.47. The Kier molecular flexibility index (Phi) is 4.47. The maximum atomic E-state index is 12.6. The van der Waals surface area contributed by atoms with Crippen LogP contribution in [0.25, 0.3) is 0 Å². The van der Waals surface area contributed by atoms with Crippen LogP contribution in [0.4, 0.5) is 5.00 Å². The molecule has 4 rings (SSSR count). The summed E-state index contributed by atoms with van der Waals surface area (Å²) in [6.45, 7) is -0.668. The van der Waals surface area contributed by atoms with E-state index >= 15 is 0 Å². The molecule has 8 nitrogen and oxygen atoms in total. The quantitative estimate of drug-likeness (QED) is 0.756. The fourth-order valence-electron chi connectivity index (χ4n) is 3.49. The summed E-state index contributed by atoms with van der Waals surface area (Å²) in [5.74, 6) is -1.99. The van der Waals surface area contributed by atoms with Crippen LogP contribution in [-0.2, 0) is 32.4 Å². The van der Waals surface area contributed by atoms with Crippen LogP contribution in [-0.4, -0.2) is 44.2 Å². The van der Waals surface area contributed by atoms with Gasteiger partial charge in [0.2, 0.25) is 5.91 Å². The van der Waals surface area contributed by atoms with Gasteiger partial charge in [0, 0.05) is 4.88 Å². The third-order valence-corrected chi connectivity index (χ3v) is 7.76. The highest BCUT2D eigenvalue weighted by molar-refractivity contribution is 7.90. The summed E-state index contributed by atoms with van der Waals surface area (Å²) in [5.41, 5.74) is 1.22. The van der Waals surface area contributed by atoms with Crippen LogP contribution in [0.3, 0.4) is 0 Å². The van der Waals surface area contributed by atoms with Crippen molar-refractivity contribution in [3.05, 3.63) is 45.8 Å². The number of amides is 2. The van der Waals surface area contributed by atoms with Gasteiger partial charge in [0.1, 0.15) is 16.4 Å². The molecule has 10 heteroatoms. The molecule has 0 unspecified atom stereocenters. The predicted molar refractivity (Wildman–Crippen MR) is 101 cm³/mol. The Bertz CT molecular complexity index is 1120. The van der Waals surface area contributed by atoms with Crippen LogP contribution >= 0.6 is 11.3 Å². The third-order valence-electron chi connectivity index (χ3n) is 4.76. The van der Waals surface area contributed by atoms with E-state index in [0.29, 0.717) is 14.9 Å². The lowest BCUT2D eigenvalue weighted by Gasteiger charge is -2.15. The summed E-state index contributed by atoms with van der Waals surface area (Å²) in [6, 6.07) is 5.82. The number of nitrogens with zero attached hydrogens (tertiary/aromatic N) is 1. The first-order valence-corrected chi connectivity index (χ1v) is 10.8. The van der Waals surface area contributed by atoms with Crippen LogP contribution in [0.15, 0.2) is 29.2 Å². The van der Waals surface area contributed by atoms with Crippen LogP contribution < -0.4 is 5.32 Å². The molecule has 2 aromatic rings. The topological polar surface area (TPSA) is 110 Å². The molecule has 0 spiro atoms. The molecule has 1 aromatic heterocycles. The molecular formula is C18H16N2O6S2. The van der Waals surface area contributed by atoms with Gasteiger partial charge in [0.15, 0.2) is 0 Å². The monoisotopic (exact) mass is 420 g/mol. The van der Waals surface area contributed by atoms with E-state index in [9.17, 15) is 22.8 Å². The smallest absolute Gasteiger partial charge is 0.341 e. The van der Waals surface area contributed by atoms with E-state index < -0.39 is 34.4 Å². The molecule has 2 aliphatic rings. The SMILES string of the molecule is COC(=O)c1c(NC(=O)CN2C(=O)c3ccccc3S2(=O)=O)sc2c1CCC2. The lowest BCUT2D eigenvalue weighted by molar-refractivity contribution is -0.116. The van der Waals surface area contributed by atoms with E-state index in [1.807, 2.05) is 0 Å². The summed E-state index contributed by atoms with van der Waals surface area (Å²) < 4.78 is 30.5. The van der Waals surface area contributed by atoms with Crippen molar-refractivity contribution in [2.75, 3.05) is 19.0 Å². The van der Waals surface area contributed by atoms with Gasteiger partial charge in [-0.15, -0.1) is 11.3 Å². The fraction of sp³-hybridized carbons (Fsp3) is 0.278. The maximum absolute atomic E-state index is 12.6. The van der Waals surface area contributed by atoms with Crippen LogP contribution in [0.1, 0.15) is 37.6 Å². The number of ether oxygens (including phenoxy) is 1. The number of carbonyl (C=O) groups excluding carboxylic acids is 3. The number of esters is 1. The Labute approximate surface area is 165 Å². The van der Waals surface area contributed by atoms with Crippen molar-refractivity contribution >= 4 is 44.1 Å². The molecular weight excluding hydrogens is 404 g/mol. The van der Waals surface area contributed by atoms with Gasteiger partial charge >= 0.3 is 5.97 Å². The van der Waals surface area contributed by atoms with Gasteiger partial charge in [-0.2, -0.15) is 0 Å². The van der Waals surface area contributed by atoms with E-state index in [4.69, 9.17) is 4.74 Å². The zero-order chi connectivity index (χ0) is 20.1. The van der Waals surface area contributed by atoms with Crippen LogP contribution in [0, 0.1) is 0 Å². The minimum absolute atomic E-state index is 0.0423. The molecule has 28 heavy (non-hydrogen) atoms. The average molecular weight is 420 g/mol. The second-order valence-electron chi connectivity index (χ2n) is 6.41. The first-order chi connectivity index (χ1) is 13.3. The first-order valence-electron chi connectivity index (χ1n) is 8.53. The minimum Gasteiger partial charge on any atom is -0.465 e. The Morgan fingerprint density at radius 3 is 2.71 bits per heavy atom. The average Bonchev–Trinajstić information content (AvgIpc) is 3.29. The number of rotatable bonds is 4. The van der Waals surface area contributed by atoms with Crippen molar-refractivity contribution in [3.63, 3.8) is 0 Å². The molecule has 1 aliphatic carbocycles. The Balaban J connectivity index is 1.59. The molecule has 0 saturated carbocycles. The molecule has 0 atom stereocenters. The van der Waals surface area contributed by atoms with Gasteiger partial charge in [0.05, 0.1) is 18.2 Å². The Hall–Kier alpha value is -2.72. The van der Waals surface area contributed by atoms with Crippen molar-refractivity contribution in [1.82, 2.24) is 4.31 Å². The number of carbonyl (C=O) groups is 3. The zero-order valence-corrected chi connectivity index (χ0v) is 16.5. The van der Waals surface area contributed by atoms with E-state index in [-0.39, 0.29) is 10.5 Å². The highest BCUT2D eigenvalue weighted by Gasteiger charge is 2.42. The van der Waals surface area contributed by atoms with E-state index in [1.165, 1.54) is 36.6 Å². The first kappa shape index (κ1) is 18.6. The number of fused-ring (bicyclic) bond motifs is 2. The fourth-order valence-corrected chi connectivity index (χ4v) is 6.31. The maximum Gasteiger partial charge on any atom is 0.341 e. The molecule has 0 saturated heterocycles. The number of hydrogen-bond donors (Lipinski definition) is 1. The van der Waals surface area contributed by atoms with Gasteiger partial charge in [-0.3, -0.25) is 9.59 Å². The number of nitrogens with one attached hydrogen (secondary N) is 1. The molecule has 146 valence electrons. The normalized spacial score (nSPS) is 16.6. The van der Waals surface area contributed by atoms with Gasteiger partial charge < -0.3 is 10.1 Å². The van der Waals surface area contributed by atoms with Crippen molar-refractivity contribution in [2.24, 2.45) is 0 Å². The largest absolute Gasteiger partial charge is 0.465 e.